The van der Waals surface area contributed by atoms with Gasteiger partial charge >= 0.3 is 0 Å². The van der Waals surface area contributed by atoms with Crippen LogP contribution in [-0.2, 0) is 0 Å². The summed E-state index contributed by atoms with van der Waals surface area (Å²) in [6, 6.07) is 0. The fourth-order valence-corrected chi connectivity index (χ4v) is 1.04. The van der Waals surface area contributed by atoms with Crippen LogP contribution in [0.2, 0.25) is 0 Å². The van der Waals surface area contributed by atoms with E-state index in [4.69, 9.17) is 0 Å². The lowest BCUT2D eigenvalue weighted by molar-refractivity contribution is 0.462. The van der Waals surface area contributed by atoms with Gasteiger partial charge in [0, 0.05) is 18.9 Å². The van der Waals surface area contributed by atoms with Gasteiger partial charge in [0.25, 0.3) is 0 Å². The minimum Gasteiger partial charge on any atom is -0.353 e. The van der Waals surface area contributed by atoms with Gasteiger partial charge in [0.05, 0.1) is 6.54 Å². The third kappa shape index (κ3) is 1.19. The van der Waals surface area contributed by atoms with Gasteiger partial charge in [-0.25, -0.2) is 10.0 Å². The van der Waals surface area contributed by atoms with Crippen molar-refractivity contribution >= 4 is 5.96 Å². The summed E-state index contributed by atoms with van der Waals surface area (Å²) in [5.41, 5.74) is 3.03. The molecule has 0 aliphatic carbocycles. The van der Waals surface area contributed by atoms with E-state index in [1.165, 1.54) is 0 Å². The van der Waals surface area contributed by atoms with Gasteiger partial charge in [-0.15, -0.1) is 0 Å². The maximum absolute atomic E-state index is 4.24. The summed E-state index contributed by atoms with van der Waals surface area (Å²) in [6.07, 6.45) is 7.69. The summed E-state index contributed by atoms with van der Waals surface area (Å²) >= 11 is 0. The molecular formula is C7H10N4. The Hall–Kier alpha value is -1.45. The zero-order valence-electron chi connectivity index (χ0n) is 6.12. The lowest BCUT2D eigenvalue weighted by atomic mass is 10.5. The average Bonchev–Trinajstić information content (AvgIpc) is 2.58. The van der Waals surface area contributed by atoms with Crippen molar-refractivity contribution in [1.29, 1.82) is 0 Å². The molecule has 0 saturated carbocycles. The minimum absolute atomic E-state index is 0.866. The largest absolute Gasteiger partial charge is 0.353 e. The van der Waals surface area contributed by atoms with E-state index >= 15 is 0 Å². The molecule has 2 rings (SSSR count). The topological polar surface area (TPSA) is 39.7 Å². The summed E-state index contributed by atoms with van der Waals surface area (Å²) in [7, 11) is 0. The van der Waals surface area contributed by atoms with Gasteiger partial charge in [-0.1, -0.05) is 0 Å². The molecule has 11 heavy (non-hydrogen) atoms. The second-order valence-corrected chi connectivity index (χ2v) is 2.33. The highest BCUT2D eigenvalue weighted by molar-refractivity contribution is 5.82. The first kappa shape index (κ1) is 6.27. The van der Waals surface area contributed by atoms with Crippen molar-refractivity contribution in [3.63, 3.8) is 0 Å². The van der Waals surface area contributed by atoms with Gasteiger partial charge in [0.15, 0.2) is 0 Å². The summed E-state index contributed by atoms with van der Waals surface area (Å²) < 4.78 is 0. The van der Waals surface area contributed by atoms with Crippen LogP contribution in [0.3, 0.4) is 0 Å². The second kappa shape index (κ2) is 2.65. The number of hydrazine groups is 1. The van der Waals surface area contributed by atoms with Gasteiger partial charge in [-0.2, -0.15) is 0 Å². The van der Waals surface area contributed by atoms with E-state index in [9.17, 15) is 0 Å². The van der Waals surface area contributed by atoms with E-state index in [-0.39, 0.29) is 0 Å². The van der Waals surface area contributed by atoms with Crippen LogP contribution in [0.4, 0.5) is 0 Å². The molecule has 2 heterocycles. The van der Waals surface area contributed by atoms with Crippen LogP contribution in [-0.4, -0.2) is 24.1 Å². The summed E-state index contributed by atoms with van der Waals surface area (Å²) in [5, 5.41) is 5.01. The molecule has 0 spiro atoms. The molecule has 0 radical (unpaired) electrons. The zero-order valence-corrected chi connectivity index (χ0v) is 6.12. The van der Waals surface area contributed by atoms with E-state index in [2.05, 4.69) is 15.7 Å². The van der Waals surface area contributed by atoms with Gasteiger partial charge < -0.3 is 5.32 Å². The molecule has 4 heteroatoms. The van der Waals surface area contributed by atoms with Crippen LogP contribution in [0, 0.1) is 0 Å². The smallest absolute Gasteiger partial charge is 0.217 e. The molecule has 0 atom stereocenters. The Balaban J connectivity index is 2.05. The normalized spacial score (nSPS) is 21.1. The molecular weight excluding hydrogens is 140 g/mol. The van der Waals surface area contributed by atoms with Crippen molar-refractivity contribution < 1.29 is 0 Å². The number of allylic oxidation sites excluding steroid dienone is 2. The van der Waals surface area contributed by atoms with Crippen LogP contribution < -0.4 is 10.7 Å². The number of aliphatic imine (C=N–C) groups is 1. The molecule has 2 N–H and O–H groups in total. The second-order valence-electron chi connectivity index (χ2n) is 2.33. The van der Waals surface area contributed by atoms with Crippen molar-refractivity contribution in [2.24, 2.45) is 4.99 Å². The quantitative estimate of drug-likeness (QED) is 0.502. The molecule has 0 unspecified atom stereocenters. The Morgan fingerprint density at radius 2 is 2.45 bits per heavy atom. The Morgan fingerprint density at radius 1 is 1.45 bits per heavy atom. The predicted molar refractivity (Wildman–Crippen MR) is 43.6 cm³/mol. The number of guanidine groups is 1. The molecule has 0 amide bonds. The van der Waals surface area contributed by atoms with Gasteiger partial charge in [-0.3, -0.25) is 5.43 Å². The van der Waals surface area contributed by atoms with Gasteiger partial charge in [0.2, 0.25) is 5.96 Å². The molecule has 0 aromatic heterocycles. The lowest BCUT2D eigenvalue weighted by Crippen LogP contribution is -2.42. The summed E-state index contributed by atoms with van der Waals surface area (Å²) in [5.74, 6) is 0.894. The van der Waals surface area contributed by atoms with Crippen LogP contribution >= 0.6 is 0 Å². The summed E-state index contributed by atoms with van der Waals surface area (Å²) in [6.45, 7) is 1.80. The number of nitrogens with zero attached hydrogens (tertiary/aromatic N) is 2. The standard InChI is InChI=1S/C7H10N4/c1-2-6-11(10-3-1)7-8-4-5-9-7/h1-3,6,10H,4-5H2,(H,8,9). The highest BCUT2D eigenvalue weighted by Gasteiger charge is 2.10. The lowest BCUT2D eigenvalue weighted by Gasteiger charge is -2.21. The minimum atomic E-state index is 0.866. The number of hydrogen-bond acceptors (Lipinski definition) is 4. The van der Waals surface area contributed by atoms with E-state index in [0.717, 1.165) is 19.0 Å². The van der Waals surface area contributed by atoms with E-state index < -0.39 is 0 Å². The maximum atomic E-state index is 4.24. The van der Waals surface area contributed by atoms with E-state index in [0.29, 0.717) is 0 Å². The van der Waals surface area contributed by atoms with Crippen molar-refractivity contribution in [2.75, 3.05) is 13.1 Å². The molecule has 58 valence electrons. The molecule has 0 bridgehead atoms. The third-order valence-electron chi connectivity index (χ3n) is 1.54. The average molecular weight is 150 g/mol. The highest BCUT2D eigenvalue weighted by Crippen LogP contribution is 1.96. The number of nitrogens with one attached hydrogen (secondary N) is 2. The van der Waals surface area contributed by atoms with Gasteiger partial charge in [0.1, 0.15) is 0 Å². The molecule has 2 aliphatic heterocycles. The molecule has 0 saturated heterocycles. The maximum Gasteiger partial charge on any atom is 0.217 e. The van der Waals surface area contributed by atoms with Crippen molar-refractivity contribution in [3.05, 3.63) is 24.6 Å². The predicted octanol–water partition coefficient (Wildman–Crippen LogP) is -0.207. The van der Waals surface area contributed by atoms with Crippen molar-refractivity contribution in [3.8, 4) is 0 Å². The zero-order chi connectivity index (χ0) is 7.52. The fourth-order valence-electron chi connectivity index (χ4n) is 1.04. The molecule has 0 aromatic carbocycles. The molecule has 2 aliphatic rings. The summed E-state index contributed by atoms with van der Waals surface area (Å²) in [4.78, 5) is 4.24. The number of rotatable bonds is 0. The number of hydrogen-bond donors (Lipinski definition) is 2. The van der Waals surface area contributed by atoms with Crippen LogP contribution in [0.15, 0.2) is 29.5 Å². The SMILES string of the molecule is C1=CNN(C2=NCCN2)C=C1. The molecule has 0 fully saturated rings. The van der Waals surface area contributed by atoms with Crippen LogP contribution in [0.5, 0.6) is 0 Å². The van der Waals surface area contributed by atoms with Gasteiger partial charge in [-0.05, 0) is 12.2 Å². The molecule has 4 nitrogen and oxygen atoms in total. The fraction of sp³-hybridized carbons (Fsp3) is 0.286. The Morgan fingerprint density at radius 3 is 3.09 bits per heavy atom. The first-order chi connectivity index (χ1) is 5.47. The van der Waals surface area contributed by atoms with Crippen LogP contribution in [0.1, 0.15) is 0 Å². The monoisotopic (exact) mass is 150 g/mol. The first-order valence-electron chi connectivity index (χ1n) is 3.64. The van der Waals surface area contributed by atoms with Crippen molar-refractivity contribution in [1.82, 2.24) is 15.8 Å². The van der Waals surface area contributed by atoms with E-state index in [1.54, 1.807) is 0 Å². The third-order valence-corrected chi connectivity index (χ3v) is 1.54. The first-order valence-corrected chi connectivity index (χ1v) is 3.64. The Labute approximate surface area is 65.3 Å². The van der Waals surface area contributed by atoms with Crippen LogP contribution in [0.25, 0.3) is 0 Å². The highest BCUT2D eigenvalue weighted by atomic mass is 15.6. The van der Waals surface area contributed by atoms with Crippen molar-refractivity contribution in [2.45, 2.75) is 0 Å². The Bertz CT molecular complexity index is 229. The Kier molecular flexibility index (Phi) is 1.51. The van der Waals surface area contributed by atoms with E-state index in [1.807, 2.05) is 29.6 Å². The molecule has 0 aromatic rings.